The van der Waals surface area contributed by atoms with E-state index in [0.717, 1.165) is 17.8 Å². The molecule has 3 rings (SSSR count). The molecule has 3 nitrogen and oxygen atoms in total. The fourth-order valence-electron chi connectivity index (χ4n) is 2.04. The molecular weight excluding hydrogens is 310 g/mol. The summed E-state index contributed by atoms with van der Waals surface area (Å²) in [5, 5.41) is 4.16. The van der Waals surface area contributed by atoms with Crippen LogP contribution >= 0.6 is 0 Å². The third-order valence-corrected chi connectivity index (χ3v) is 3.21. The van der Waals surface area contributed by atoms with Crippen LogP contribution in [0.5, 0.6) is 11.5 Å². The zero-order valence-corrected chi connectivity index (χ0v) is 12.6. The van der Waals surface area contributed by atoms with Gasteiger partial charge in [0.1, 0.15) is 11.5 Å². The Morgan fingerprint density at radius 3 is 2.38 bits per heavy atom. The lowest BCUT2D eigenvalue weighted by atomic mass is 10.2. The number of nitrogens with one attached hydrogen (secondary N) is 1. The van der Waals surface area contributed by atoms with Crippen LogP contribution in [0.25, 0.3) is 0 Å². The molecule has 0 unspecified atom stereocenters. The van der Waals surface area contributed by atoms with Gasteiger partial charge in [0.2, 0.25) is 0 Å². The SMILES string of the molecule is Fc1ccc(Oc2ccccc2C=NNc2ccccc2)cc1F. The molecule has 0 aliphatic heterocycles. The average Bonchev–Trinajstić information content (AvgIpc) is 2.61. The third-order valence-electron chi connectivity index (χ3n) is 3.21. The van der Waals surface area contributed by atoms with Crippen LogP contribution in [-0.2, 0) is 0 Å². The van der Waals surface area contributed by atoms with Crippen LogP contribution in [-0.4, -0.2) is 6.21 Å². The molecule has 24 heavy (non-hydrogen) atoms. The van der Waals surface area contributed by atoms with Crippen molar-refractivity contribution in [3.8, 4) is 11.5 Å². The van der Waals surface area contributed by atoms with Crippen molar-refractivity contribution in [2.24, 2.45) is 5.10 Å². The monoisotopic (exact) mass is 324 g/mol. The minimum absolute atomic E-state index is 0.214. The van der Waals surface area contributed by atoms with Crippen LogP contribution in [0.1, 0.15) is 5.56 Å². The van der Waals surface area contributed by atoms with Crippen LogP contribution in [0.2, 0.25) is 0 Å². The molecule has 0 saturated heterocycles. The maximum Gasteiger partial charge on any atom is 0.162 e. The van der Waals surface area contributed by atoms with Crippen LogP contribution in [0.3, 0.4) is 0 Å². The highest BCUT2D eigenvalue weighted by Crippen LogP contribution is 2.25. The van der Waals surface area contributed by atoms with Gasteiger partial charge in [-0.3, -0.25) is 5.43 Å². The molecular formula is C19H14F2N2O. The van der Waals surface area contributed by atoms with E-state index in [1.807, 2.05) is 42.5 Å². The van der Waals surface area contributed by atoms with E-state index in [2.05, 4.69) is 10.5 Å². The van der Waals surface area contributed by atoms with Crippen molar-refractivity contribution in [3.05, 3.63) is 90.0 Å². The van der Waals surface area contributed by atoms with Gasteiger partial charge >= 0.3 is 0 Å². The second kappa shape index (κ2) is 7.37. The van der Waals surface area contributed by atoms with Crippen molar-refractivity contribution in [1.82, 2.24) is 0 Å². The van der Waals surface area contributed by atoms with Crippen LogP contribution in [0.15, 0.2) is 77.9 Å². The number of hydrazone groups is 1. The molecule has 0 aromatic heterocycles. The molecule has 3 aromatic rings. The van der Waals surface area contributed by atoms with E-state index in [1.54, 1.807) is 18.3 Å². The van der Waals surface area contributed by atoms with Gasteiger partial charge in [0, 0.05) is 11.6 Å². The zero-order valence-electron chi connectivity index (χ0n) is 12.6. The van der Waals surface area contributed by atoms with Gasteiger partial charge < -0.3 is 4.74 Å². The van der Waals surface area contributed by atoms with Crippen molar-refractivity contribution in [2.45, 2.75) is 0 Å². The van der Waals surface area contributed by atoms with E-state index >= 15 is 0 Å². The summed E-state index contributed by atoms with van der Waals surface area (Å²) in [4.78, 5) is 0. The number of hydrogen-bond donors (Lipinski definition) is 1. The molecule has 0 saturated carbocycles. The molecule has 120 valence electrons. The first-order valence-corrected chi connectivity index (χ1v) is 7.28. The first-order valence-electron chi connectivity index (χ1n) is 7.28. The number of benzene rings is 3. The number of ether oxygens (including phenoxy) is 1. The molecule has 0 atom stereocenters. The Hall–Kier alpha value is -3.21. The summed E-state index contributed by atoms with van der Waals surface area (Å²) in [6.07, 6.45) is 1.60. The summed E-state index contributed by atoms with van der Waals surface area (Å²) < 4.78 is 31.9. The van der Waals surface area contributed by atoms with E-state index in [0.29, 0.717) is 11.3 Å². The van der Waals surface area contributed by atoms with Crippen LogP contribution < -0.4 is 10.2 Å². The Morgan fingerprint density at radius 1 is 0.833 bits per heavy atom. The standard InChI is InChI=1S/C19H14F2N2O/c20-17-11-10-16(12-18(17)21)24-19-9-5-4-6-14(19)13-22-23-15-7-2-1-3-8-15/h1-13,23H. The quantitative estimate of drug-likeness (QED) is 0.517. The summed E-state index contributed by atoms with van der Waals surface area (Å²) in [6, 6.07) is 20.1. The smallest absolute Gasteiger partial charge is 0.162 e. The van der Waals surface area contributed by atoms with Crippen molar-refractivity contribution < 1.29 is 13.5 Å². The summed E-state index contributed by atoms with van der Waals surface area (Å²) in [5.74, 6) is -1.17. The predicted molar refractivity (Wildman–Crippen MR) is 90.5 cm³/mol. The second-order valence-corrected chi connectivity index (χ2v) is 4.95. The molecule has 5 heteroatoms. The van der Waals surface area contributed by atoms with E-state index in [-0.39, 0.29) is 5.75 Å². The second-order valence-electron chi connectivity index (χ2n) is 4.95. The first-order chi connectivity index (χ1) is 11.7. The van der Waals surface area contributed by atoms with Crippen LogP contribution in [0, 0.1) is 11.6 Å². The lowest BCUT2D eigenvalue weighted by Crippen LogP contribution is -1.94. The van der Waals surface area contributed by atoms with Gasteiger partial charge in [0.25, 0.3) is 0 Å². The lowest BCUT2D eigenvalue weighted by molar-refractivity contribution is 0.461. The normalized spacial score (nSPS) is 10.8. The van der Waals surface area contributed by atoms with E-state index in [9.17, 15) is 8.78 Å². The van der Waals surface area contributed by atoms with Gasteiger partial charge in [0.15, 0.2) is 11.6 Å². The molecule has 0 fully saturated rings. The number of anilines is 1. The summed E-state index contributed by atoms with van der Waals surface area (Å²) in [5.41, 5.74) is 4.46. The molecule has 3 aromatic carbocycles. The van der Waals surface area contributed by atoms with E-state index < -0.39 is 11.6 Å². The largest absolute Gasteiger partial charge is 0.457 e. The maximum atomic E-state index is 13.3. The number of nitrogens with zero attached hydrogens (tertiary/aromatic N) is 1. The Morgan fingerprint density at radius 2 is 1.58 bits per heavy atom. The Labute approximate surface area is 138 Å². The molecule has 0 bridgehead atoms. The topological polar surface area (TPSA) is 33.6 Å². The van der Waals surface area contributed by atoms with Crippen molar-refractivity contribution in [2.75, 3.05) is 5.43 Å². The van der Waals surface area contributed by atoms with E-state index in [4.69, 9.17) is 4.74 Å². The molecule has 1 N–H and O–H groups in total. The first kappa shape index (κ1) is 15.7. The molecule has 0 amide bonds. The third kappa shape index (κ3) is 3.95. The van der Waals surface area contributed by atoms with Gasteiger partial charge in [-0.25, -0.2) is 8.78 Å². The van der Waals surface area contributed by atoms with Crippen LogP contribution in [0.4, 0.5) is 14.5 Å². The van der Waals surface area contributed by atoms with Gasteiger partial charge in [-0.1, -0.05) is 30.3 Å². The highest BCUT2D eigenvalue weighted by molar-refractivity contribution is 5.84. The molecule has 0 aliphatic carbocycles. The minimum Gasteiger partial charge on any atom is -0.457 e. The molecule has 0 radical (unpaired) electrons. The highest BCUT2D eigenvalue weighted by atomic mass is 19.2. The van der Waals surface area contributed by atoms with Gasteiger partial charge in [-0.15, -0.1) is 0 Å². The maximum absolute atomic E-state index is 13.3. The molecule has 0 heterocycles. The van der Waals surface area contributed by atoms with Crippen molar-refractivity contribution in [3.63, 3.8) is 0 Å². The molecule has 0 aliphatic rings. The highest BCUT2D eigenvalue weighted by Gasteiger charge is 2.06. The van der Waals surface area contributed by atoms with Crippen molar-refractivity contribution in [1.29, 1.82) is 0 Å². The Bertz CT molecular complexity index is 851. The van der Waals surface area contributed by atoms with E-state index in [1.165, 1.54) is 6.07 Å². The summed E-state index contributed by atoms with van der Waals surface area (Å²) in [6.45, 7) is 0. The fourth-order valence-corrected chi connectivity index (χ4v) is 2.04. The van der Waals surface area contributed by atoms with Gasteiger partial charge in [0.05, 0.1) is 11.9 Å². The summed E-state index contributed by atoms with van der Waals surface area (Å²) >= 11 is 0. The zero-order chi connectivity index (χ0) is 16.8. The van der Waals surface area contributed by atoms with Crippen molar-refractivity contribution >= 4 is 11.9 Å². The predicted octanol–water partition coefficient (Wildman–Crippen LogP) is 5.20. The number of rotatable bonds is 5. The minimum atomic E-state index is -0.954. The molecule has 0 spiro atoms. The summed E-state index contributed by atoms with van der Waals surface area (Å²) in [7, 11) is 0. The Balaban J connectivity index is 1.76. The number of hydrogen-bond acceptors (Lipinski definition) is 3. The average molecular weight is 324 g/mol. The fraction of sp³-hybridized carbons (Fsp3) is 0. The number of halogens is 2. The lowest BCUT2D eigenvalue weighted by Gasteiger charge is -2.08. The van der Waals surface area contributed by atoms with Gasteiger partial charge in [-0.2, -0.15) is 5.10 Å². The Kier molecular flexibility index (Phi) is 4.81. The number of para-hydroxylation sites is 2. The van der Waals surface area contributed by atoms with Gasteiger partial charge in [-0.05, 0) is 36.4 Å².